The number of hydrogen-bond donors (Lipinski definition) is 0. The molecule has 0 unspecified atom stereocenters. The molecule has 0 saturated heterocycles. The summed E-state index contributed by atoms with van der Waals surface area (Å²) in [5.41, 5.74) is 3.59. The molecule has 2 heterocycles. The quantitative estimate of drug-likeness (QED) is 0.487. The molecular weight excluding hydrogens is 398 g/mol. The van der Waals surface area contributed by atoms with Gasteiger partial charge in [0, 0.05) is 27.6 Å². The van der Waals surface area contributed by atoms with Gasteiger partial charge in [0.1, 0.15) is 11.6 Å². The van der Waals surface area contributed by atoms with E-state index >= 15 is 0 Å². The summed E-state index contributed by atoms with van der Waals surface area (Å²) in [6.07, 6.45) is 0.217. The minimum absolute atomic E-state index is 0.0382. The first kappa shape index (κ1) is 17.5. The van der Waals surface area contributed by atoms with Crippen LogP contribution in [0.4, 0.5) is 4.39 Å². The third-order valence-electron chi connectivity index (χ3n) is 5.10. The van der Waals surface area contributed by atoms with Crippen LogP contribution in [0, 0.1) is 5.82 Å². The summed E-state index contributed by atoms with van der Waals surface area (Å²) in [6, 6.07) is 19.6. The molecule has 0 saturated carbocycles. The molecule has 0 fully saturated rings. The van der Waals surface area contributed by atoms with Crippen molar-refractivity contribution in [3.8, 4) is 5.75 Å². The van der Waals surface area contributed by atoms with E-state index in [2.05, 4.69) is 0 Å². The summed E-state index contributed by atoms with van der Waals surface area (Å²) in [4.78, 5) is 0. The number of hydrazone groups is 1. The Morgan fingerprint density at radius 1 is 0.964 bits per heavy atom. The Balaban J connectivity index is 1.62. The van der Waals surface area contributed by atoms with Crippen LogP contribution in [0.2, 0.25) is 10.0 Å². The van der Waals surface area contributed by atoms with E-state index in [1.807, 2.05) is 47.5 Å². The third kappa shape index (κ3) is 2.93. The van der Waals surface area contributed by atoms with E-state index < -0.39 is 6.23 Å². The minimum Gasteiger partial charge on any atom is -0.464 e. The Hall–Kier alpha value is -2.56. The molecule has 2 atom stereocenters. The van der Waals surface area contributed by atoms with E-state index in [9.17, 15) is 4.39 Å². The maximum Gasteiger partial charge on any atom is 0.215 e. The van der Waals surface area contributed by atoms with Gasteiger partial charge in [-0.25, -0.2) is 9.40 Å². The van der Waals surface area contributed by atoms with E-state index in [1.165, 1.54) is 12.1 Å². The molecule has 2 aliphatic heterocycles. The van der Waals surface area contributed by atoms with Gasteiger partial charge in [0.2, 0.25) is 6.23 Å². The molecule has 0 N–H and O–H groups in total. The van der Waals surface area contributed by atoms with Gasteiger partial charge in [0.15, 0.2) is 0 Å². The summed E-state index contributed by atoms with van der Waals surface area (Å²) in [6.45, 7) is 0. The van der Waals surface area contributed by atoms with Crippen molar-refractivity contribution in [3.63, 3.8) is 0 Å². The average molecular weight is 413 g/mol. The Bertz CT molecular complexity index is 1080. The topological polar surface area (TPSA) is 24.8 Å². The van der Waals surface area contributed by atoms with Gasteiger partial charge in [-0.3, -0.25) is 0 Å². The number of benzene rings is 3. The van der Waals surface area contributed by atoms with E-state index in [4.69, 9.17) is 33.0 Å². The lowest BCUT2D eigenvalue weighted by atomic mass is 9.96. The molecule has 28 heavy (non-hydrogen) atoms. The van der Waals surface area contributed by atoms with Crippen molar-refractivity contribution in [1.29, 1.82) is 0 Å². The monoisotopic (exact) mass is 412 g/mol. The lowest BCUT2D eigenvalue weighted by Crippen LogP contribution is -2.33. The first-order valence-electron chi connectivity index (χ1n) is 8.92. The number of hydrogen-bond acceptors (Lipinski definition) is 3. The summed E-state index contributed by atoms with van der Waals surface area (Å²) in [5.74, 6) is 0.501. The van der Waals surface area contributed by atoms with Crippen molar-refractivity contribution in [2.24, 2.45) is 5.10 Å². The smallest absolute Gasteiger partial charge is 0.215 e. The van der Waals surface area contributed by atoms with Crippen molar-refractivity contribution in [3.05, 3.63) is 99.3 Å². The molecular formula is C22H15Cl2FN2O. The maximum atomic E-state index is 13.3. The van der Waals surface area contributed by atoms with Gasteiger partial charge in [-0.1, -0.05) is 53.5 Å². The highest BCUT2D eigenvalue weighted by molar-refractivity contribution is 6.31. The Labute approximate surface area is 172 Å². The predicted octanol–water partition coefficient (Wildman–Crippen LogP) is 6.37. The fraction of sp³-hybridized carbons (Fsp3) is 0.136. The molecule has 0 aromatic heterocycles. The molecule has 0 aliphatic carbocycles. The zero-order valence-electron chi connectivity index (χ0n) is 14.6. The molecule has 0 radical (unpaired) electrons. The first-order chi connectivity index (χ1) is 13.6. The van der Waals surface area contributed by atoms with Crippen molar-refractivity contribution in [2.75, 3.05) is 0 Å². The largest absolute Gasteiger partial charge is 0.464 e. The highest BCUT2D eigenvalue weighted by atomic mass is 35.5. The fourth-order valence-electron chi connectivity index (χ4n) is 3.76. The van der Waals surface area contributed by atoms with Crippen LogP contribution in [0.25, 0.3) is 0 Å². The summed E-state index contributed by atoms with van der Waals surface area (Å²) < 4.78 is 19.6. The Kier molecular flexibility index (Phi) is 4.26. The van der Waals surface area contributed by atoms with Crippen molar-refractivity contribution >= 4 is 28.9 Å². The van der Waals surface area contributed by atoms with Crippen LogP contribution in [0.1, 0.15) is 35.4 Å². The van der Waals surface area contributed by atoms with Crippen molar-refractivity contribution in [2.45, 2.75) is 18.7 Å². The third-order valence-corrected chi connectivity index (χ3v) is 5.68. The Morgan fingerprint density at radius 2 is 1.75 bits per heavy atom. The summed E-state index contributed by atoms with van der Waals surface area (Å²) >= 11 is 12.7. The average Bonchev–Trinajstić information content (AvgIpc) is 3.14. The molecule has 0 amide bonds. The molecule has 3 nitrogen and oxygen atoms in total. The van der Waals surface area contributed by atoms with E-state index in [0.29, 0.717) is 16.5 Å². The fourth-order valence-corrected chi connectivity index (χ4v) is 4.17. The van der Waals surface area contributed by atoms with Gasteiger partial charge in [-0.05, 0) is 42.0 Å². The molecule has 140 valence electrons. The van der Waals surface area contributed by atoms with Crippen molar-refractivity contribution < 1.29 is 9.13 Å². The van der Waals surface area contributed by atoms with Crippen LogP contribution in [0.15, 0.2) is 71.8 Å². The van der Waals surface area contributed by atoms with E-state index in [0.717, 1.165) is 28.2 Å². The highest BCUT2D eigenvalue weighted by Crippen LogP contribution is 2.49. The molecule has 6 heteroatoms. The lowest BCUT2D eigenvalue weighted by Gasteiger charge is -2.38. The van der Waals surface area contributed by atoms with Gasteiger partial charge >= 0.3 is 0 Å². The molecule has 3 aromatic carbocycles. The van der Waals surface area contributed by atoms with Crippen molar-refractivity contribution in [1.82, 2.24) is 5.01 Å². The summed E-state index contributed by atoms with van der Waals surface area (Å²) in [5, 5.41) is 8.03. The standard InChI is InChI=1S/C22H15Cl2FN2O/c23-14-7-10-21-17(11-14)20-12-19(13-5-8-15(25)9-6-13)26-27(20)22(28-21)16-3-1-2-4-18(16)24/h1-11,20,22H,12H2/t20-,22-/m1/s1. The van der Waals surface area contributed by atoms with Crippen LogP contribution >= 0.6 is 23.2 Å². The highest BCUT2D eigenvalue weighted by Gasteiger charge is 2.41. The van der Waals surface area contributed by atoms with Crippen LogP contribution in [-0.2, 0) is 0 Å². The molecule has 3 aromatic rings. The second-order valence-electron chi connectivity index (χ2n) is 6.83. The predicted molar refractivity (Wildman–Crippen MR) is 108 cm³/mol. The maximum absolute atomic E-state index is 13.3. The number of ether oxygens (including phenoxy) is 1. The zero-order valence-corrected chi connectivity index (χ0v) is 16.2. The molecule has 2 aliphatic rings. The van der Waals surface area contributed by atoms with Gasteiger partial charge in [0.25, 0.3) is 0 Å². The zero-order chi connectivity index (χ0) is 19.3. The van der Waals surface area contributed by atoms with Gasteiger partial charge < -0.3 is 4.74 Å². The first-order valence-corrected chi connectivity index (χ1v) is 9.68. The number of rotatable bonds is 2. The van der Waals surface area contributed by atoms with Crippen LogP contribution in [0.3, 0.4) is 0 Å². The molecule has 5 rings (SSSR count). The minimum atomic E-state index is -0.453. The number of fused-ring (bicyclic) bond motifs is 3. The van der Waals surface area contributed by atoms with Gasteiger partial charge in [0.05, 0.1) is 11.8 Å². The Morgan fingerprint density at radius 3 is 2.54 bits per heavy atom. The second kappa shape index (κ2) is 6.80. The second-order valence-corrected chi connectivity index (χ2v) is 7.67. The normalized spacial score (nSPS) is 20.2. The van der Waals surface area contributed by atoms with Crippen LogP contribution in [-0.4, -0.2) is 10.7 Å². The number of nitrogens with zero attached hydrogens (tertiary/aromatic N) is 2. The van der Waals surface area contributed by atoms with Crippen LogP contribution < -0.4 is 4.74 Å². The number of halogens is 3. The van der Waals surface area contributed by atoms with Crippen LogP contribution in [0.5, 0.6) is 5.75 Å². The van der Waals surface area contributed by atoms with E-state index in [-0.39, 0.29) is 11.9 Å². The molecule has 0 bridgehead atoms. The lowest BCUT2D eigenvalue weighted by molar-refractivity contribution is -0.0189. The van der Waals surface area contributed by atoms with Gasteiger partial charge in [-0.2, -0.15) is 5.10 Å². The SMILES string of the molecule is Fc1ccc(C2=NN3[C@H](C2)c2cc(Cl)ccc2O[C@@H]3c2ccccc2Cl)cc1. The molecule has 0 spiro atoms. The van der Waals surface area contributed by atoms with Gasteiger partial charge in [-0.15, -0.1) is 0 Å². The van der Waals surface area contributed by atoms with E-state index in [1.54, 1.807) is 12.1 Å². The summed E-state index contributed by atoms with van der Waals surface area (Å²) in [7, 11) is 0.